The van der Waals surface area contributed by atoms with Gasteiger partial charge in [-0.1, -0.05) is 12.8 Å². The Labute approximate surface area is 78.7 Å². The van der Waals surface area contributed by atoms with Gasteiger partial charge < -0.3 is 15.7 Å². The molecule has 0 aromatic carbocycles. The van der Waals surface area contributed by atoms with Gasteiger partial charge in [0.15, 0.2) is 0 Å². The van der Waals surface area contributed by atoms with Gasteiger partial charge in [0, 0.05) is 25.6 Å². The molecular weight excluding hydrogens is 168 g/mol. The number of hydrogen-bond donors (Lipinski definition) is 3. The van der Waals surface area contributed by atoms with E-state index in [0.717, 1.165) is 25.7 Å². The topological polar surface area (TPSA) is 61.4 Å². The van der Waals surface area contributed by atoms with Crippen molar-refractivity contribution in [3.8, 4) is 0 Å². The summed E-state index contributed by atoms with van der Waals surface area (Å²) in [5, 5.41) is 14.5. The van der Waals surface area contributed by atoms with Gasteiger partial charge in [0.2, 0.25) is 0 Å². The minimum Gasteiger partial charge on any atom is -0.396 e. The SMILES string of the molecule is CNC(=O)N[C@@H]1CCCC[C@H]1CO. The quantitative estimate of drug-likeness (QED) is 0.587. The van der Waals surface area contributed by atoms with Crippen molar-refractivity contribution < 1.29 is 9.90 Å². The van der Waals surface area contributed by atoms with Crippen molar-refractivity contribution in [3.05, 3.63) is 0 Å². The van der Waals surface area contributed by atoms with E-state index in [1.165, 1.54) is 0 Å². The first-order chi connectivity index (χ1) is 6.27. The molecule has 1 aliphatic rings. The Morgan fingerprint density at radius 3 is 2.77 bits per heavy atom. The number of nitrogens with one attached hydrogen (secondary N) is 2. The van der Waals surface area contributed by atoms with Crippen LogP contribution in [0.4, 0.5) is 4.79 Å². The van der Waals surface area contributed by atoms with E-state index in [1.54, 1.807) is 7.05 Å². The molecule has 0 aromatic heterocycles. The highest BCUT2D eigenvalue weighted by Crippen LogP contribution is 2.23. The van der Waals surface area contributed by atoms with Crippen LogP contribution in [0.25, 0.3) is 0 Å². The number of urea groups is 1. The van der Waals surface area contributed by atoms with Gasteiger partial charge in [0.1, 0.15) is 0 Å². The minimum absolute atomic E-state index is 0.148. The van der Waals surface area contributed by atoms with E-state index in [4.69, 9.17) is 5.11 Å². The first-order valence-corrected chi connectivity index (χ1v) is 4.87. The lowest BCUT2D eigenvalue weighted by atomic mass is 9.85. The summed E-state index contributed by atoms with van der Waals surface area (Å²) in [7, 11) is 1.60. The lowest BCUT2D eigenvalue weighted by Crippen LogP contribution is -2.46. The Kier molecular flexibility index (Phi) is 4.02. The molecule has 0 heterocycles. The first-order valence-electron chi connectivity index (χ1n) is 4.87. The molecule has 4 nitrogen and oxygen atoms in total. The number of rotatable bonds is 2. The maximum atomic E-state index is 11.0. The Morgan fingerprint density at radius 1 is 1.46 bits per heavy atom. The molecule has 0 unspecified atom stereocenters. The van der Waals surface area contributed by atoms with Gasteiger partial charge in [-0.2, -0.15) is 0 Å². The molecule has 13 heavy (non-hydrogen) atoms. The lowest BCUT2D eigenvalue weighted by molar-refractivity contribution is 0.154. The predicted octanol–water partition coefficient (Wildman–Crippen LogP) is 0.466. The summed E-state index contributed by atoms with van der Waals surface area (Å²) in [6.45, 7) is 0.175. The smallest absolute Gasteiger partial charge is 0.314 e. The summed E-state index contributed by atoms with van der Waals surface area (Å²) in [4.78, 5) is 11.0. The summed E-state index contributed by atoms with van der Waals surface area (Å²) in [6, 6.07) is 0.00375. The van der Waals surface area contributed by atoms with Gasteiger partial charge in [-0.3, -0.25) is 0 Å². The fourth-order valence-corrected chi connectivity index (χ4v) is 1.86. The van der Waals surface area contributed by atoms with E-state index < -0.39 is 0 Å². The number of amides is 2. The molecule has 1 saturated carbocycles. The second kappa shape index (κ2) is 5.07. The Bertz CT molecular complexity index is 173. The van der Waals surface area contributed by atoms with E-state index in [9.17, 15) is 4.79 Å². The Morgan fingerprint density at radius 2 is 2.15 bits per heavy atom. The highest BCUT2D eigenvalue weighted by Gasteiger charge is 2.25. The van der Waals surface area contributed by atoms with Crippen LogP contribution in [0.1, 0.15) is 25.7 Å². The largest absolute Gasteiger partial charge is 0.396 e. The molecule has 4 heteroatoms. The lowest BCUT2D eigenvalue weighted by Gasteiger charge is -2.30. The summed E-state index contributed by atoms with van der Waals surface area (Å²) < 4.78 is 0. The number of aliphatic hydroxyl groups is 1. The van der Waals surface area contributed by atoms with Gasteiger partial charge in [-0.05, 0) is 12.8 Å². The monoisotopic (exact) mass is 186 g/mol. The molecule has 0 aliphatic heterocycles. The second-order valence-corrected chi connectivity index (χ2v) is 3.56. The van der Waals surface area contributed by atoms with Gasteiger partial charge in [-0.25, -0.2) is 4.79 Å². The summed E-state index contributed by atoms with van der Waals surface area (Å²) in [6.07, 6.45) is 4.31. The molecule has 2 amide bonds. The average molecular weight is 186 g/mol. The molecule has 2 atom stereocenters. The molecule has 1 rings (SSSR count). The molecule has 0 bridgehead atoms. The zero-order chi connectivity index (χ0) is 9.68. The van der Waals surface area contributed by atoms with Crippen LogP contribution in [0.15, 0.2) is 0 Å². The molecule has 76 valence electrons. The molecule has 1 aliphatic carbocycles. The van der Waals surface area contributed by atoms with Gasteiger partial charge >= 0.3 is 6.03 Å². The van der Waals surface area contributed by atoms with Crippen molar-refractivity contribution in [1.29, 1.82) is 0 Å². The second-order valence-electron chi connectivity index (χ2n) is 3.56. The Hall–Kier alpha value is -0.770. The third-order valence-electron chi connectivity index (χ3n) is 2.69. The van der Waals surface area contributed by atoms with Crippen LogP contribution in [0.3, 0.4) is 0 Å². The maximum Gasteiger partial charge on any atom is 0.314 e. The summed E-state index contributed by atoms with van der Waals surface area (Å²) in [5.41, 5.74) is 0. The molecule has 0 aromatic rings. The van der Waals surface area contributed by atoms with E-state index in [1.807, 2.05) is 0 Å². The number of aliphatic hydroxyl groups excluding tert-OH is 1. The highest BCUT2D eigenvalue weighted by molar-refractivity contribution is 5.73. The van der Waals surface area contributed by atoms with Crippen LogP contribution in [-0.4, -0.2) is 30.8 Å². The highest BCUT2D eigenvalue weighted by atomic mass is 16.3. The van der Waals surface area contributed by atoms with Crippen LogP contribution in [0, 0.1) is 5.92 Å². The molecule has 0 radical (unpaired) electrons. The van der Waals surface area contributed by atoms with Gasteiger partial charge in [-0.15, -0.1) is 0 Å². The zero-order valence-corrected chi connectivity index (χ0v) is 8.05. The summed E-state index contributed by atoms with van der Waals surface area (Å²) in [5.74, 6) is 0.242. The number of carbonyl (C=O) groups is 1. The van der Waals surface area contributed by atoms with Crippen LogP contribution in [0.5, 0.6) is 0 Å². The van der Waals surface area contributed by atoms with Gasteiger partial charge in [0.05, 0.1) is 0 Å². The van der Waals surface area contributed by atoms with E-state index in [-0.39, 0.29) is 24.6 Å². The van der Waals surface area contributed by atoms with Crippen molar-refractivity contribution in [3.63, 3.8) is 0 Å². The standard InChI is InChI=1S/C9H18N2O2/c1-10-9(13)11-8-5-3-2-4-7(8)6-12/h7-8,12H,2-6H2,1H3,(H2,10,11,13)/t7-,8+/m0/s1. The van der Waals surface area contributed by atoms with Crippen LogP contribution >= 0.6 is 0 Å². The zero-order valence-electron chi connectivity index (χ0n) is 8.05. The average Bonchev–Trinajstić information content (AvgIpc) is 2.18. The predicted molar refractivity (Wildman–Crippen MR) is 50.4 cm³/mol. The molecule has 1 fully saturated rings. The van der Waals surface area contributed by atoms with Crippen molar-refractivity contribution in [2.75, 3.05) is 13.7 Å². The van der Waals surface area contributed by atoms with Crippen LogP contribution in [-0.2, 0) is 0 Å². The van der Waals surface area contributed by atoms with Crippen molar-refractivity contribution in [2.45, 2.75) is 31.7 Å². The number of hydrogen-bond acceptors (Lipinski definition) is 2. The Balaban J connectivity index is 2.40. The molecule has 0 spiro atoms. The fraction of sp³-hybridized carbons (Fsp3) is 0.889. The minimum atomic E-state index is -0.148. The van der Waals surface area contributed by atoms with Crippen molar-refractivity contribution >= 4 is 6.03 Å². The molecule has 3 N–H and O–H groups in total. The van der Waals surface area contributed by atoms with E-state index in [2.05, 4.69) is 10.6 Å². The fourth-order valence-electron chi connectivity index (χ4n) is 1.86. The number of carbonyl (C=O) groups excluding carboxylic acids is 1. The maximum absolute atomic E-state index is 11.0. The third kappa shape index (κ3) is 2.88. The first kappa shape index (κ1) is 10.3. The van der Waals surface area contributed by atoms with Crippen LogP contribution < -0.4 is 10.6 Å². The third-order valence-corrected chi connectivity index (χ3v) is 2.69. The molecular formula is C9H18N2O2. The van der Waals surface area contributed by atoms with Crippen molar-refractivity contribution in [2.24, 2.45) is 5.92 Å². The van der Waals surface area contributed by atoms with E-state index >= 15 is 0 Å². The van der Waals surface area contributed by atoms with Crippen LogP contribution in [0.2, 0.25) is 0 Å². The summed E-state index contributed by atoms with van der Waals surface area (Å²) >= 11 is 0. The van der Waals surface area contributed by atoms with E-state index in [0.29, 0.717) is 0 Å². The normalized spacial score (nSPS) is 28.2. The molecule has 0 saturated heterocycles. The van der Waals surface area contributed by atoms with Crippen molar-refractivity contribution in [1.82, 2.24) is 10.6 Å². The van der Waals surface area contributed by atoms with Gasteiger partial charge in [0.25, 0.3) is 0 Å².